The molecule has 8 heteroatoms. The zero-order valence-electron chi connectivity index (χ0n) is 19.2. The molecule has 3 heterocycles. The van der Waals surface area contributed by atoms with Crippen LogP contribution in [0.3, 0.4) is 0 Å². The van der Waals surface area contributed by atoms with Crippen LogP contribution in [0.4, 0.5) is 10.5 Å². The second kappa shape index (κ2) is 9.71. The molecule has 176 valence electrons. The number of nitrogens with zero attached hydrogens (tertiary/aromatic N) is 2. The van der Waals surface area contributed by atoms with Gasteiger partial charge in [0.25, 0.3) is 11.1 Å². The van der Waals surface area contributed by atoms with E-state index in [4.69, 9.17) is 9.41 Å². The van der Waals surface area contributed by atoms with Crippen LogP contribution in [-0.2, 0) is 17.6 Å². The van der Waals surface area contributed by atoms with Gasteiger partial charge in [-0.15, -0.1) is 0 Å². The average Bonchev–Trinajstić information content (AvgIpc) is 3.51. The van der Waals surface area contributed by atoms with Crippen molar-refractivity contribution in [3.8, 4) is 0 Å². The van der Waals surface area contributed by atoms with E-state index in [1.165, 1.54) is 16.7 Å². The van der Waals surface area contributed by atoms with E-state index in [0.717, 1.165) is 33.6 Å². The fraction of sp³-hybridized carbons (Fsp3) is 0.185. The molecule has 2 amide bonds. The van der Waals surface area contributed by atoms with Crippen molar-refractivity contribution < 1.29 is 18.8 Å². The Labute approximate surface area is 211 Å². The van der Waals surface area contributed by atoms with E-state index in [-0.39, 0.29) is 23.0 Å². The van der Waals surface area contributed by atoms with Crippen LogP contribution in [0.15, 0.2) is 80.1 Å². The highest BCUT2D eigenvalue weighted by molar-refractivity contribution is 8.18. The van der Waals surface area contributed by atoms with Gasteiger partial charge in [-0.25, -0.2) is 4.99 Å². The van der Waals surface area contributed by atoms with Crippen LogP contribution in [0, 0.1) is 0 Å². The number of benzene rings is 2. The zero-order chi connectivity index (χ0) is 24.5. The lowest BCUT2D eigenvalue weighted by atomic mass is 10.0. The molecular weight excluding hydrogens is 480 g/mol. The molecule has 3 aromatic rings. The largest absolute Gasteiger partial charge is 0.450 e. The summed E-state index contributed by atoms with van der Waals surface area (Å²) in [4.78, 5) is 43.4. The summed E-state index contributed by atoms with van der Waals surface area (Å²) in [5, 5.41) is 1.29. The van der Waals surface area contributed by atoms with Gasteiger partial charge >= 0.3 is 0 Å². The van der Waals surface area contributed by atoms with E-state index in [2.05, 4.69) is 0 Å². The van der Waals surface area contributed by atoms with Crippen molar-refractivity contribution in [1.82, 2.24) is 4.90 Å². The van der Waals surface area contributed by atoms with Crippen LogP contribution < -0.4 is 0 Å². The molecule has 2 aromatic carbocycles. The summed E-state index contributed by atoms with van der Waals surface area (Å²) in [6, 6.07) is 18.7. The van der Waals surface area contributed by atoms with Gasteiger partial charge < -0.3 is 4.42 Å². The van der Waals surface area contributed by atoms with Crippen LogP contribution in [-0.4, -0.2) is 32.9 Å². The highest BCUT2D eigenvalue weighted by Gasteiger charge is 2.36. The number of fused-ring (bicyclic) bond motifs is 1. The van der Waals surface area contributed by atoms with E-state index in [1.807, 2.05) is 68.4 Å². The Kier molecular flexibility index (Phi) is 6.49. The first-order chi connectivity index (χ1) is 16.9. The van der Waals surface area contributed by atoms with Gasteiger partial charge in [-0.1, -0.05) is 42.5 Å². The summed E-state index contributed by atoms with van der Waals surface area (Å²) in [5.41, 5.74) is 3.66. The van der Waals surface area contributed by atoms with E-state index in [1.54, 1.807) is 12.1 Å². The van der Waals surface area contributed by atoms with Crippen molar-refractivity contribution in [2.24, 2.45) is 4.99 Å². The maximum atomic E-state index is 12.5. The molecule has 0 saturated carbocycles. The van der Waals surface area contributed by atoms with Gasteiger partial charge in [0.15, 0.2) is 10.9 Å². The predicted molar refractivity (Wildman–Crippen MR) is 139 cm³/mol. The van der Waals surface area contributed by atoms with Crippen LogP contribution in [0.1, 0.15) is 41.1 Å². The quantitative estimate of drug-likeness (QED) is 0.282. The van der Waals surface area contributed by atoms with Gasteiger partial charge in [0, 0.05) is 30.5 Å². The zero-order valence-corrected chi connectivity index (χ0v) is 20.8. The standard InChI is InChI=1S/C27H22N2O4S2/c1-16(2)29-26(31)23(34-27(29)32)15-20-9-11-25(33-20)35-24-14-19-12-17(8-10-21(19)28-24)13-22(30)18-6-4-3-5-7-18/h3-12,15-16H,13-14H2,1-2H3/b23-15-. The van der Waals surface area contributed by atoms with Gasteiger partial charge in [0.1, 0.15) is 5.76 Å². The number of hydrogen-bond acceptors (Lipinski definition) is 7. The summed E-state index contributed by atoms with van der Waals surface area (Å²) in [6.45, 7) is 3.62. The number of furan rings is 1. The van der Waals surface area contributed by atoms with E-state index < -0.39 is 0 Å². The number of carbonyl (C=O) groups excluding carboxylic acids is 3. The van der Waals surface area contributed by atoms with E-state index in [9.17, 15) is 14.4 Å². The lowest BCUT2D eigenvalue weighted by Gasteiger charge is -2.16. The Balaban J connectivity index is 1.23. The number of amides is 2. The molecular formula is C27H22N2O4S2. The monoisotopic (exact) mass is 502 g/mol. The summed E-state index contributed by atoms with van der Waals surface area (Å²) in [7, 11) is 0. The number of ketones is 1. The maximum Gasteiger partial charge on any atom is 0.293 e. The Morgan fingerprint density at radius 2 is 1.94 bits per heavy atom. The average molecular weight is 503 g/mol. The topological polar surface area (TPSA) is 80.0 Å². The molecule has 1 saturated heterocycles. The number of thioether (sulfide) groups is 2. The number of imide groups is 1. The summed E-state index contributed by atoms with van der Waals surface area (Å²) in [5.74, 6) is 0.311. The fourth-order valence-corrected chi connectivity index (χ4v) is 5.76. The predicted octanol–water partition coefficient (Wildman–Crippen LogP) is 6.53. The summed E-state index contributed by atoms with van der Waals surface area (Å²) >= 11 is 2.35. The third-order valence-electron chi connectivity index (χ3n) is 5.63. The van der Waals surface area contributed by atoms with Crippen LogP contribution in [0.25, 0.3) is 6.08 Å². The maximum absolute atomic E-state index is 12.5. The van der Waals surface area contributed by atoms with Crippen molar-refractivity contribution in [3.63, 3.8) is 0 Å². The molecule has 6 nitrogen and oxygen atoms in total. The molecule has 2 aliphatic rings. The molecule has 1 aromatic heterocycles. The Hall–Kier alpha value is -3.36. The number of hydrogen-bond donors (Lipinski definition) is 0. The first-order valence-corrected chi connectivity index (χ1v) is 12.8. The summed E-state index contributed by atoms with van der Waals surface area (Å²) in [6.07, 6.45) is 2.62. The molecule has 0 N–H and O–H groups in total. The SMILES string of the molecule is CC(C)N1C(=O)S/C(=C\c2ccc(SC3=Nc4ccc(CC(=O)c5ccccc5)cc4C3)o2)C1=O. The van der Waals surface area contributed by atoms with Crippen molar-refractivity contribution in [2.75, 3.05) is 0 Å². The fourth-order valence-electron chi connectivity index (χ4n) is 3.94. The molecule has 0 unspecified atom stereocenters. The van der Waals surface area contributed by atoms with Gasteiger partial charge in [-0.3, -0.25) is 19.3 Å². The molecule has 5 rings (SSSR count). The Bertz CT molecular complexity index is 1390. The third kappa shape index (κ3) is 5.04. The highest BCUT2D eigenvalue weighted by atomic mass is 32.2. The van der Waals surface area contributed by atoms with Gasteiger partial charge in [0.2, 0.25) is 0 Å². The van der Waals surface area contributed by atoms with Crippen molar-refractivity contribution in [2.45, 2.75) is 37.8 Å². The lowest BCUT2D eigenvalue weighted by molar-refractivity contribution is -0.123. The normalized spacial score (nSPS) is 16.4. The molecule has 0 bridgehead atoms. The minimum absolute atomic E-state index is 0.0911. The number of rotatable bonds is 6. The second-order valence-electron chi connectivity index (χ2n) is 8.52. The molecule has 0 radical (unpaired) electrons. The lowest BCUT2D eigenvalue weighted by Crippen LogP contribution is -2.34. The van der Waals surface area contributed by atoms with E-state index >= 15 is 0 Å². The van der Waals surface area contributed by atoms with E-state index in [0.29, 0.717) is 34.2 Å². The highest BCUT2D eigenvalue weighted by Crippen LogP contribution is 2.37. The van der Waals surface area contributed by atoms with Crippen molar-refractivity contribution >= 4 is 57.3 Å². The van der Waals surface area contributed by atoms with Gasteiger partial charge in [0.05, 0.1) is 15.6 Å². The van der Waals surface area contributed by atoms with Gasteiger partial charge in [-0.2, -0.15) is 0 Å². The minimum atomic E-state index is -0.294. The second-order valence-corrected chi connectivity index (χ2v) is 10.6. The Morgan fingerprint density at radius 3 is 2.69 bits per heavy atom. The smallest absolute Gasteiger partial charge is 0.293 e. The number of Topliss-reactive ketones (excluding diaryl/α,β-unsaturated/α-hetero) is 1. The van der Waals surface area contributed by atoms with Crippen molar-refractivity contribution in [1.29, 1.82) is 0 Å². The van der Waals surface area contributed by atoms with Crippen LogP contribution in [0.5, 0.6) is 0 Å². The molecule has 2 aliphatic heterocycles. The molecule has 0 atom stereocenters. The third-order valence-corrected chi connectivity index (χ3v) is 7.40. The first kappa shape index (κ1) is 23.4. The molecule has 35 heavy (non-hydrogen) atoms. The minimum Gasteiger partial charge on any atom is -0.450 e. The number of aliphatic imine (C=N–C) groups is 1. The van der Waals surface area contributed by atoms with Crippen molar-refractivity contribution in [3.05, 3.63) is 88.0 Å². The summed E-state index contributed by atoms with van der Waals surface area (Å²) < 4.78 is 5.88. The first-order valence-electron chi connectivity index (χ1n) is 11.2. The Morgan fingerprint density at radius 1 is 1.14 bits per heavy atom. The number of carbonyl (C=O) groups is 3. The molecule has 1 fully saturated rings. The van der Waals surface area contributed by atoms with Crippen LogP contribution in [0.2, 0.25) is 0 Å². The molecule has 0 spiro atoms. The van der Waals surface area contributed by atoms with Crippen LogP contribution >= 0.6 is 23.5 Å². The van der Waals surface area contributed by atoms with Gasteiger partial charge in [-0.05, 0) is 66.7 Å². The molecule has 0 aliphatic carbocycles.